The van der Waals surface area contributed by atoms with Crippen molar-refractivity contribution in [3.8, 4) is 0 Å². The van der Waals surface area contributed by atoms with E-state index in [-0.39, 0.29) is 47.7 Å². The zero-order chi connectivity index (χ0) is 30.7. The first kappa shape index (κ1) is 54.2. The van der Waals surface area contributed by atoms with Crippen molar-refractivity contribution in [2.75, 3.05) is 26.2 Å². The summed E-state index contributed by atoms with van der Waals surface area (Å²) in [5.41, 5.74) is 0. The van der Waals surface area contributed by atoms with Crippen molar-refractivity contribution in [3.05, 3.63) is 0 Å². The second kappa shape index (κ2) is 36.8. The third-order valence-electron chi connectivity index (χ3n) is 4.50. The minimum atomic E-state index is -0.853. The monoisotopic (exact) mass is 730 g/mol. The van der Waals surface area contributed by atoms with Gasteiger partial charge in [0.05, 0.1) is 0 Å². The molecule has 0 spiro atoms. The Hall–Kier alpha value is 1.65. The summed E-state index contributed by atoms with van der Waals surface area (Å²) in [6.45, 7) is 19.1. The molecule has 0 bridgehead atoms. The molecular weight excluding hydrogens is 681 g/mol. The Kier molecular flexibility index (Phi) is 49.9. The van der Waals surface area contributed by atoms with Gasteiger partial charge in [0.15, 0.2) is 4.30 Å². The van der Waals surface area contributed by atoms with E-state index in [0.717, 1.165) is 51.9 Å². The van der Waals surface area contributed by atoms with E-state index in [4.69, 9.17) is 77.0 Å². The van der Waals surface area contributed by atoms with Gasteiger partial charge in [0.1, 0.15) is 14.9 Å². The van der Waals surface area contributed by atoms with Crippen molar-refractivity contribution < 1.29 is 44.3 Å². The number of thiocarbonyl (C=S) groups is 2. The number of hydrogen-bond acceptors (Lipinski definition) is 6. The number of thioether (sulfide) groups is 1. The van der Waals surface area contributed by atoms with Crippen molar-refractivity contribution in [1.82, 2.24) is 9.80 Å². The molecule has 0 atom stereocenters. The van der Waals surface area contributed by atoms with Gasteiger partial charge in [0, 0.05) is 26.2 Å². The van der Waals surface area contributed by atoms with Crippen LogP contribution in [0.15, 0.2) is 0 Å². The van der Waals surface area contributed by atoms with Crippen LogP contribution in [0.4, 0.5) is 0 Å². The van der Waals surface area contributed by atoms with Crippen molar-refractivity contribution in [3.63, 3.8) is 0 Å². The average molecular weight is 733 g/mol. The van der Waals surface area contributed by atoms with Gasteiger partial charge in [-0.05, 0) is 53.4 Å². The first-order valence-corrected chi connectivity index (χ1v) is 16.4. The molecule has 0 heterocycles. The number of unbranched alkanes of at least 4 members (excludes halogenated alkanes) is 4. The SMILES string of the molecule is CC(C)=O.CCCCN(CCCC)C(=S)SC(C)(C)C(=O)O.CCCCN(CCCC)C(=S)[S-].Cl.ClC(Cl)Cl.[Na+]. The van der Waals surface area contributed by atoms with Crippen LogP contribution in [-0.2, 0) is 22.2 Å². The zero-order valence-corrected chi connectivity index (χ0v) is 34.2. The molecule has 0 aromatic rings. The summed E-state index contributed by atoms with van der Waals surface area (Å²) in [6, 6.07) is 0. The summed E-state index contributed by atoms with van der Waals surface area (Å²) >= 11 is 31.1. The summed E-state index contributed by atoms with van der Waals surface area (Å²) in [4.78, 5) is 24.8. The first-order valence-electron chi connectivity index (χ1n) is 13.1. The van der Waals surface area contributed by atoms with Gasteiger partial charge < -0.3 is 44.5 Å². The Morgan fingerprint density at radius 1 is 0.825 bits per heavy atom. The predicted molar refractivity (Wildman–Crippen MR) is 190 cm³/mol. The molecule has 5 nitrogen and oxygen atoms in total. The van der Waals surface area contributed by atoms with E-state index < -0.39 is 15.0 Å². The molecule has 0 amide bonds. The van der Waals surface area contributed by atoms with E-state index in [1.807, 2.05) is 0 Å². The fraction of sp³-hybridized carbons (Fsp3) is 0.846. The molecule has 236 valence electrons. The number of Topliss-reactive ketones (excluding diaryl/α,β-unsaturated/α-hetero) is 1. The molecule has 0 aliphatic carbocycles. The maximum atomic E-state index is 11.1. The van der Waals surface area contributed by atoms with Gasteiger partial charge in [0.25, 0.3) is 0 Å². The number of rotatable bonds is 14. The van der Waals surface area contributed by atoms with Crippen molar-refractivity contribution in [2.45, 2.75) is 116 Å². The Bertz CT molecular complexity index is 616. The van der Waals surface area contributed by atoms with E-state index in [9.17, 15) is 9.59 Å². The topological polar surface area (TPSA) is 60.9 Å². The number of carbonyl (C=O) groups excluding carboxylic acids is 1. The van der Waals surface area contributed by atoms with Gasteiger partial charge in [0.2, 0.25) is 0 Å². The molecule has 0 radical (unpaired) electrons. The van der Waals surface area contributed by atoms with E-state index >= 15 is 0 Å². The average Bonchev–Trinajstić information content (AvgIpc) is 2.78. The van der Waals surface area contributed by atoms with Crippen molar-refractivity contribution in [1.29, 1.82) is 0 Å². The van der Waals surface area contributed by atoms with Gasteiger partial charge in [-0.2, -0.15) is 0 Å². The van der Waals surface area contributed by atoms with Crippen LogP contribution in [0.5, 0.6) is 0 Å². The number of carboxylic acid groups (broad SMARTS) is 1. The van der Waals surface area contributed by atoms with E-state index in [0.29, 0.717) is 8.64 Å². The molecular formula is C26H51Cl4N2NaO3S4. The molecule has 0 aromatic carbocycles. The molecule has 0 rings (SSSR count). The number of hydrogen-bond donors (Lipinski definition) is 1. The van der Waals surface area contributed by atoms with Crippen molar-refractivity contribution in [2.24, 2.45) is 0 Å². The third kappa shape index (κ3) is 44.1. The zero-order valence-electron chi connectivity index (χ0n) is 25.9. The molecule has 0 saturated heterocycles. The van der Waals surface area contributed by atoms with Crippen LogP contribution in [0.3, 0.4) is 0 Å². The largest absolute Gasteiger partial charge is 1.00 e. The Balaban J connectivity index is -0.000000113. The van der Waals surface area contributed by atoms with Gasteiger partial charge in [-0.3, -0.25) is 4.79 Å². The molecule has 40 heavy (non-hydrogen) atoms. The minimum Gasteiger partial charge on any atom is -0.480 e. The van der Waals surface area contributed by atoms with E-state index in [1.165, 1.54) is 51.3 Å². The third-order valence-corrected chi connectivity index (χ3v) is 6.64. The van der Waals surface area contributed by atoms with Gasteiger partial charge in [-0.1, -0.05) is 116 Å². The van der Waals surface area contributed by atoms with Crippen LogP contribution in [0, 0.1) is 0 Å². The number of alkyl halides is 3. The normalized spacial score (nSPS) is 9.60. The van der Waals surface area contributed by atoms with E-state index in [1.54, 1.807) is 13.8 Å². The molecule has 0 fully saturated rings. The first-order chi connectivity index (χ1) is 17.5. The molecule has 14 heteroatoms. The van der Waals surface area contributed by atoms with Crippen LogP contribution in [0.2, 0.25) is 0 Å². The predicted octanol–water partition coefficient (Wildman–Crippen LogP) is 6.50. The minimum absolute atomic E-state index is 0. The fourth-order valence-electron chi connectivity index (χ4n) is 2.31. The summed E-state index contributed by atoms with van der Waals surface area (Å²) in [7, 11) is 0. The maximum Gasteiger partial charge on any atom is 1.00 e. The number of aliphatic carboxylic acids is 1. The Labute approximate surface area is 309 Å². The number of carboxylic acids is 1. The Morgan fingerprint density at radius 3 is 1.27 bits per heavy atom. The molecule has 0 aliphatic heterocycles. The number of carbonyl (C=O) groups is 2. The summed E-state index contributed by atoms with van der Waals surface area (Å²) < 4.78 is -0.255. The van der Waals surface area contributed by atoms with Crippen LogP contribution in [0.1, 0.15) is 107 Å². The standard InChI is InChI=1S/C13H25NO2S2.C9H19NS2.C3H6O.CHCl3.ClH.Na/c1-5-7-9-14(10-8-6-2)12(17)18-13(3,4)11(15)16;1-3-5-7-10(9(11)12)8-6-4-2;1-3(2)4;2-1(3)4;;/h5-10H2,1-4H3,(H,15,16);3-8H2,1-2H3,(H,11,12);1-2H3;1H;1H;/q;;;;;+1/p-1. The number of nitrogens with zero attached hydrogens (tertiary/aromatic N) is 2. The molecule has 0 saturated carbocycles. The van der Waals surface area contributed by atoms with Gasteiger partial charge >= 0.3 is 35.5 Å². The van der Waals surface area contributed by atoms with Crippen LogP contribution >= 0.6 is 83.4 Å². The smallest absolute Gasteiger partial charge is 0.480 e. The molecule has 0 aliphatic rings. The van der Waals surface area contributed by atoms with Crippen LogP contribution < -0.4 is 29.6 Å². The van der Waals surface area contributed by atoms with Gasteiger partial charge in [-0.15, -0.1) is 12.4 Å². The summed E-state index contributed by atoms with van der Waals surface area (Å²) in [6.07, 6.45) is 9.24. The van der Waals surface area contributed by atoms with Crippen LogP contribution in [-0.4, -0.2) is 70.5 Å². The second-order valence-electron chi connectivity index (χ2n) is 8.99. The van der Waals surface area contributed by atoms with Crippen molar-refractivity contribution >= 4 is 116 Å². The molecule has 0 aromatic heterocycles. The number of ketones is 1. The molecule has 0 unspecified atom stereocenters. The van der Waals surface area contributed by atoms with E-state index in [2.05, 4.69) is 37.5 Å². The Morgan fingerprint density at radius 2 is 1.07 bits per heavy atom. The number of halogens is 4. The summed E-state index contributed by atoms with van der Waals surface area (Å²) in [5, 5.41) is 9.13. The maximum absolute atomic E-state index is 11.1. The quantitative estimate of drug-likeness (QED) is 0.0935. The molecule has 1 N–H and O–H groups in total. The fourth-order valence-corrected chi connectivity index (χ4v) is 4.32. The summed E-state index contributed by atoms with van der Waals surface area (Å²) in [5.74, 6) is -0.652. The second-order valence-corrected chi connectivity index (χ2v) is 14.3. The van der Waals surface area contributed by atoms with Crippen LogP contribution in [0.25, 0.3) is 0 Å². The van der Waals surface area contributed by atoms with Gasteiger partial charge in [-0.25, -0.2) is 0 Å².